The van der Waals surface area contributed by atoms with Gasteiger partial charge in [0.1, 0.15) is 6.61 Å². The normalized spacial score (nSPS) is 19.3. The average Bonchev–Trinajstić information content (AvgIpc) is 2.40. The van der Waals surface area contributed by atoms with Gasteiger partial charge in [0.25, 0.3) is 0 Å². The molecular formula is C12H17F6NO3. The molecular weight excluding hydrogens is 320 g/mol. The Kier molecular flexibility index (Phi) is 6.48. The summed E-state index contributed by atoms with van der Waals surface area (Å²) in [5.74, 6) is -1.44. The number of likely N-dealkylation sites (tertiary alicyclic amines) is 1. The Labute approximate surface area is 123 Å². The Bertz CT molecular complexity index is 363. The van der Waals surface area contributed by atoms with Gasteiger partial charge in [-0.15, -0.1) is 0 Å². The summed E-state index contributed by atoms with van der Waals surface area (Å²) in [5, 5.41) is 9.13. The van der Waals surface area contributed by atoms with E-state index in [2.05, 4.69) is 4.74 Å². The summed E-state index contributed by atoms with van der Waals surface area (Å²) in [6, 6.07) is 0. The molecule has 1 saturated heterocycles. The maximum Gasteiger partial charge on any atom is 0.414 e. The molecule has 0 spiro atoms. The summed E-state index contributed by atoms with van der Waals surface area (Å²) >= 11 is 0. The van der Waals surface area contributed by atoms with Crippen LogP contribution in [-0.2, 0) is 9.53 Å². The number of alkyl halides is 6. The van der Waals surface area contributed by atoms with E-state index in [1.165, 1.54) is 4.90 Å². The maximum absolute atomic E-state index is 12.4. The summed E-state index contributed by atoms with van der Waals surface area (Å²) in [6.07, 6.45) is -11.8. The summed E-state index contributed by atoms with van der Waals surface area (Å²) in [6.45, 7) is -1.77. The fraction of sp³-hybridized carbons (Fsp3) is 0.917. The number of carbonyl (C=O) groups excluding carboxylic acids is 1. The first kappa shape index (κ1) is 19.0. The largest absolute Gasteiger partial charge is 0.414 e. The second-order valence-electron chi connectivity index (χ2n) is 5.12. The van der Waals surface area contributed by atoms with Gasteiger partial charge in [0.15, 0.2) is 6.10 Å². The van der Waals surface area contributed by atoms with E-state index in [0.29, 0.717) is 0 Å². The van der Waals surface area contributed by atoms with Crippen molar-refractivity contribution in [3.8, 4) is 0 Å². The number of nitrogens with zero attached hydrogens (tertiary/aromatic N) is 1. The number of piperidine rings is 1. The van der Waals surface area contributed by atoms with Crippen LogP contribution in [0.1, 0.15) is 19.3 Å². The van der Waals surface area contributed by atoms with Crippen LogP contribution in [-0.4, -0.2) is 60.7 Å². The van der Waals surface area contributed by atoms with Crippen LogP contribution < -0.4 is 0 Å². The number of ether oxygens (including phenoxy) is 1. The minimum Gasteiger partial charge on any atom is -0.383 e. The first-order valence-corrected chi connectivity index (χ1v) is 6.68. The molecule has 4 nitrogen and oxygen atoms in total. The number of hydrogen-bond donors (Lipinski definition) is 1. The molecule has 0 aromatic carbocycles. The predicted molar refractivity (Wildman–Crippen MR) is 62.9 cm³/mol. The topological polar surface area (TPSA) is 49.8 Å². The quantitative estimate of drug-likeness (QED) is 0.618. The Morgan fingerprint density at radius 3 is 2.18 bits per heavy atom. The molecule has 0 aromatic rings. The standard InChI is InChI=1S/C12H17F6NO3/c13-11(14,15)7-22-6-3-9(20)19-4-1-8(2-5-19)10(21)12(16,17)18/h8,10,21H,1-7H2. The van der Waals surface area contributed by atoms with Crippen molar-refractivity contribution in [3.05, 3.63) is 0 Å². The predicted octanol–water partition coefficient (Wildman–Crippen LogP) is 2.12. The van der Waals surface area contributed by atoms with E-state index < -0.39 is 43.5 Å². The lowest BCUT2D eigenvalue weighted by molar-refractivity contribution is -0.223. The molecule has 0 aromatic heterocycles. The molecule has 130 valence electrons. The molecule has 1 aliphatic heterocycles. The summed E-state index contributed by atoms with van der Waals surface area (Å²) in [7, 11) is 0. The van der Waals surface area contributed by atoms with Gasteiger partial charge in [-0.3, -0.25) is 4.79 Å². The van der Waals surface area contributed by atoms with Gasteiger partial charge in [-0.2, -0.15) is 26.3 Å². The van der Waals surface area contributed by atoms with E-state index in [9.17, 15) is 31.1 Å². The molecule has 0 saturated carbocycles. The highest BCUT2D eigenvalue weighted by Crippen LogP contribution is 2.31. The molecule has 0 aliphatic carbocycles. The zero-order valence-corrected chi connectivity index (χ0v) is 11.6. The van der Waals surface area contributed by atoms with E-state index in [-0.39, 0.29) is 32.4 Å². The maximum atomic E-state index is 12.4. The lowest BCUT2D eigenvalue weighted by Gasteiger charge is -2.34. The molecule has 1 amide bonds. The highest BCUT2D eigenvalue weighted by molar-refractivity contribution is 5.76. The van der Waals surface area contributed by atoms with E-state index in [1.54, 1.807) is 0 Å². The molecule has 0 bridgehead atoms. The Balaban J connectivity index is 2.28. The third-order valence-corrected chi connectivity index (χ3v) is 3.40. The Morgan fingerprint density at radius 1 is 1.18 bits per heavy atom. The van der Waals surface area contributed by atoms with Gasteiger partial charge >= 0.3 is 12.4 Å². The molecule has 22 heavy (non-hydrogen) atoms. The van der Waals surface area contributed by atoms with Crippen molar-refractivity contribution in [3.63, 3.8) is 0 Å². The SMILES string of the molecule is O=C(CCOCC(F)(F)F)N1CCC(C(O)C(F)(F)F)CC1. The lowest BCUT2D eigenvalue weighted by atomic mass is 9.91. The van der Waals surface area contributed by atoms with E-state index in [0.717, 1.165) is 0 Å². The van der Waals surface area contributed by atoms with Gasteiger partial charge in [-0.25, -0.2) is 0 Å². The van der Waals surface area contributed by atoms with Crippen LogP contribution in [0, 0.1) is 5.92 Å². The van der Waals surface area contributed by atoms with Crippen molar-refractivity contribution < 1.29 is 41.0 Å². The smallest absolute Gasteiger partial charge is 0.383 e. The van der Waals surface area contributed by atoms with Crippen LogP contribution in [0.5, 0.6) is 0 Å². The molecule has 1 fully saturated rings. The van der Waals surface area contributed by atoms with Crippen LogP contribution in [0.4, 0.5) is 26.3 Å². The second kappa shape index (κ2) is 7.49. The molecule has 10 heteroatoms. The third-order valence-electron chi connectivity index (χ3n) is 3.40. The zero-order chi connectivity index (χ0) is 17.0. The fourth-order valence-corrected chi connectivity index (χ4v) is 2.24. The Morgan fingerprint density at radius 2 is 1.73 bits per heavy atom. The van der Waals surface area contributed by atoms with Crippen LogP contribution in [0.25, 0.3) is 0 Å². The summed E-state index contributed by atoms with van der Waals surface area (Å²) in [4.78, 5) is 13.0. The molecule has 1 N–H and O–H groups in total. The highest BCUT2D eigenvalue weighted by Gasteiger charge is 2.44. The van der Waals surface area contributed by atoms with Gasteiger partial charge < -0.3 is 14.7 Å². The van der Waals surface area contributed by atoms with Crippen LogP contribution in [0.15, 0.2) is 0 Å². The fourth-order valence-electron chi connectivity index (χ4n) is 2.24. The van der Waals surface area contributed by atoms with Crippen LogP contribution in [0.2, 0.25) is 0 Å². The highest BCUT2D eigenvalue weighted by atomic mass is 19.4. The summed E-state index contributed by atoms with van der Waals surface area (Å²) in [5.41, 5.74) is 0. The van der Waals surface area contributed by atoms with Crippen molar-refractivity contribution in [2.75, 3.05) is 26.3 Å². The van der Waals surface area contributed by atoms with Crippen molar-refractivity contribution in [1.82, 2.24) is 4.90 Å². The van der Waals surface area contributed by atoms with Gasteiger partial charge in [0.2, 0.25) is 5.91 Å². The molecule has 1 rings (SSSR count). The van der Waals surface area contributed by atoms with Crippen molar-refractivity contribution in [1.29, 1.82) is 0 Å². The van der Waals surface area contributed by atoms with Gasteiger partial charge in [0.05, 0.1) is 13.0 Å². The summed E-state index contributed by atoms with van der Waals surface area (Å²) < 4.78 is 76.8. The second-order valence-corrected chi connectivity index (χ2v) is 5.12. The van der Waals surface area contributed by atoms with E-state index in [1.807, 2.05) is 0 Å². The number of aliphatic hydroxyl groups excluding tert-OH is 1. The number of rotatable bonds is 5. The van der Waals surface area contributed by atoms with E-state index >= 15 is 0 Å². The first-order valence-electron chi connectivity index (χ1n) is 6.68. The minimum atomic E-state index is -4.69. The lowest BCUT2D eigenvalue weighted by Crippen LogP contribution is -2.45. The van der Waals surface area contributed by atoms with Crippen molar-refractivity contribution in [2.45, 2.75) is 37.7 Å². The average molecular weight is 337 g/mol. The number of amides is 1. The molecule has 1 aliphatic rings. The number of hydrogen-bond acceptors (Lipinski definition) is 3. The molecule has 1 unspecified atom stereocenters. The number of carbonyl (C=O) groups is 1. The van der Waals surface area contributed by atoms with E-state index in [4.69, 9.17) is 5.11 Å². The molecule has 1 atom stereocenters. The molecule has 1 heterocycles. The van der Waals surface area contributed by atoms with Crippen LogP contribution >= 0.6 is 0 Å². The number of halogens is 6. The van der Waals surface area contributed by atoms with Gasteiger partial charge in [-0.05, 0) is 18.8 Å². The molecule has 0 radical (unpaired) electrons. The monoisotopic (exact) mass is 337 g/mol. The number of aliphatic hydroxyl groups is 1. The van der Waals surface area contributed by atoms with Crippen molar-refractivity contribution >= 4 is 5.91 Å². The van der Waals surface area contributed by atoms with Gasteiger partial charge in [0, 0.05) is 13.1 Å². The Hall–Kier alpha value is -1.03. The minimum absolute atomic E-state index is 0.00414. The van der Waals surface area contributed by atoms with Gasteiger partial charge in [-0.1, -0.05) is 0 Å². The van der Waals surface area contributed by atoms with Crippen LogP contribution in [0.3, 0.4) is 0 Å². The third kappa shape index (κ3) is 6.39. The zero-order valence-electron chi connectivity index (χ0n) is 11.6. The van der Waals surface area contributed by atoms with Crippen molar-refractivity contribution in [2.24, 2.45) is 5.92 Å². The first-order chi connectivity index (χ1) is 10.0.